The second-order valence-corrected chi connectivity index (χ2v) is 6.94. The molecule has 1 saturated carbocycles. The third-order valence-electron chi connectivity index (χ3n) is 5.14. The number of nitrogens with zero attached hydrogens (tertiary/aromatic N) is 2. The summed E-state index contributed by atoms with van der Waals surface area (Å²) >= 11 is 6.22. The molecule has 3 rings (SSSR count). The zero-order chi connectivity index (χ0) is 17.9. The largest absolute Gasteiger partial charge is 0.379 e. The van der Waals surface area contributed by atoms with Gasteiger partial charge < -0.3 is 10.6 Å². The van der Waals surface area contributed by atoms with Crippen LogP contribution in [0.3, 0.4) is 0 Å². The first kappa shape index (κ1) is 17.7. The van der Waals surface area contributed by atoms with Gasteiger partial charge >= 0.3 is 0 Å². The molecule has 25 heavy (non-hydrogen) atoms. The molecule has 1 heterocycles. The molecule has 1 atom stereocenters. The minimum atomic E-state index is -0.284. The summed E-state index contributed by atoms with van der Waals surface area (Å²) in [6.07, 6.45) is 7.81. The first-order valence-electron chi connectivity index (χ1n) is 8.66. The van der Waals surface area contributed by atoms with Gasteiger partial charge in [0.1, 0.15) is 0 Å². The van der Waals surface area contributed by atoms with Crippen molar-refractivity contribution in [3.63, 3.8) is 0 Å². The van der Waals surface area contributed by atoms with Crippen LogP contribution in [-0.2, 0) is 5.41 Å². The number of hydrogen-bond acceptors (Lipinski definition) is 4. The van der Waals surface area contributed by atoms with E-state index in [1.54, 1.807) is 19.4 Å². The van der Waals surface area contributed by atoms with E-state index in [1.807, 2.05) is 12.1 Å². The lowest BCUT2D eigenvalue weighted by Crippen LogP contribution is -2.49. The maximum Gasteiger partial charge on any atom is 0.288 e. The molecule has 0 spiro atoms. The third kappa shape index (κ3) is 3.47. The van der Waals surface area contributed by atoms with Gasteiger partial charge in [-0.15, -0.1) is 0 Å². The molecular weight excluding hydrogens is 336 g/mol. The molecule has 1 aromatic heterocycles. The summed E-state index contributed by atoms with van der Waals surface area (Å²) in [4.78, 5) is 19.9. The van der Waals surface area contributed by atoms with Gasteiger partial charge in [-0.25, -0.2) is 9.97 Å². The van der Waals surface area contributed by atoms with Crippen LogP contribution >= 0.6 is 11.6 Å². The molecular formula is C19H23ClN4O. The fourth-order valence-corrected chi connectivity index (χ4v) is 3.85. The summed E-state index contributed by atoms with van der Waals surface area (Å²) in [5.41, 5.74) is 2.19. The highest BCUT2D eigenvalue weighted by Crippen LogP contribution is 2.48. The van der Waals surface area contributed by atoms with E-state index in [9.17, 15) is 4.79 Å². The Morgan fingerprint density at radius 1 is 1.32 bits per heavy atom. The van der Waals surface area contributed by atoms with Gasteiger partial charge in [-0.05, 0) is 37.0 Å². The van der Waals surface area contributed by atoms with Gasteiger partial charge in [0.05, 0.1) is 18.1 Å². The lowest BCUT2D eigenvalue weighted by atomic mass is 9.59. The third-order valence-corrected chi connectivity index (χ3v) is 5.38. The standard InChI is InChI=1S/C19H23ClN4O/c1-3-16(24-15-11-22-17(23-12-15)18(25)21-2)19(8-5-9-19)13-6-4-7-14(20)10-13/h4,6-7,10-12,16,24H,3,5,8-9H2,1-2H3,(H,21,25). The Morgan fingerprint density at radius 3 is 2.56 bits per heavy atom. The number of nitrogens with one attached hydrogen (secondary N) is 2. The molecule has 1 amide bonds. The first-order valence-corrected chi connectivity index (χ1v) is 9.03. The molecule has 1 aromatic carbocycles. The minimum absolute atomic E-state index is 0.0825. The van der Waals surface area contributed by atoms with Crippen molar-refractivity contribution in [1.82, 2.24) is 15.3 Å². The quantitative estimate of drug-likeness (QED) is 0.824. The van der Waals surface area contributed by atoms with Gasteiger partial charge in [0.15, 0.2) is 0 Å². The molecule has 0 aliphatic heterocycles. The van der Waals surface area contributed by atoms with Crippen LogP contribution in [-0.4, -0.2) is 29.0 Å². The predicted octanol–water partition coefficient (Wildman–Crippen LogP) is 3.80. The molecule has 2 aromatic rings. The Bertz CT molecular complexity index is 743. The average Bonchev–Trinajstić information content (AvgIpc) is 2.60. The van der Waals surface area contributed by atoms with Crippen LogP contribution in [0, 0.1) is 0 Å². The van der Waals surface area contributed by atoms with E-state index < -0.39 is 0 Å². The van der Waals surface area contributed by atoms with Crippen LogP contribution in [0.15, 0.2) is 36.7 Å². The summed E-state index contributed by atoms with van der Waals surface area (Å²) in [6.45, 7) is 2.18. The molecule has 2 N–H and O–H groups in total. The lowest BCUT2D eigenvalue weighted by molar-refractivity contribution is 0.0953. The summed E-state index contributed by atoms with van der Waals surface area (Å²) in [6, 6.07) is 8.44. The molecule has 1 fully saturated rings. The SMILES string of the molecule is CCC(Nc1cnc(C(=O)NC)nc1)C1(c2cccc(Cl)c2)CCC1. The lowest BCUT2D eigenvalue weighted by Gasteiger charge is -2.48. The number of carbonyl (C=O) groups is 1. The number of anilines is 1. The van der Waals surface area contributed by atoms with Gasteiger partial charge in [0.25, 0.3) is 5.91 Å². The molecule has 0 radical (unpaired) electrons. The van der Waals surface area contributed by atoms with Crippen molar-refractivity contribution < 1.29 is 4.79 Å². The van der Waals surface area contributed by atoms with E-state index in [4.69, 9.17) is 11.6 Å². The Labute approximate surface area is 153 Å². The second kappa shape index (κ2) is 7.40. The molecule has 1 unspecified atom stereocenters. The van der Waals surface area contributed by atoms with Crippen molar-refractivity contribution >= 4 is 23.2 Å². The highest BCUT2D eigenvalue weighted by atomic mass is 35.5. The fraction of sp³-hybridized carbons (Fsp3) is 0.421. The number of benzene rings is 1. The number of aromatic nitrogens is 2. The van der Waals surface area contributed by atoms with Crippen LogP contribution in [0.4, 0.5) is 5.69 Å². The van der Waals surface area contributed by atoms with Crippen molar-refractivity contribution in [2.75, 3.05) is 12.4 Å². The minimum Gasteiger partial charge on any atom is -0.379 e. The molecule has 0 saturated heterocycles. The molecule has 1 aliphatic carbocycles. The monoisotopic (exact) mass is 358 g/mol. The van der Waals surface area contributed by atoms with Crippen molar-refractivity contribution in [2.45, 2.75) is 44.1 Å². The van der Waals surface area contributed by atoms with Crippen molar-refractivity contribution in [1.29, 1.82) is 0 Å². The molecule has 6 heteroatoms. The number of rotatable bonds is 6. The van der Waals surface area contributed by atoms with E-state index in [1.165, 1.54) is 12.0 Å². The van der Waals surface area contributed by atoms with Crippen LogP contribution in [0.1, 0.15) is 48.8 Å². The van der Waals surface area contributed by atoms with E-state index in [2.05, 4.69) is 39.7 Å². The zero-order valence-electron chi connectivity index (χ0n) is 14.6. The van der Waals surface area contributed by atoms with Crippen LogP contribution < -0.4 is 10.6 Å². The summed E-state index contributed by atoms with van der Waals surface area (Å²) in [5, 5.41) is 6.87. The number of amides is 1. The predicted molar refractivity (Wildman–Crippen MR) is 100 cm³/mol. The van der Waals surface area contributed by atoms with Crippen molar-refractivity contribution in [3.8, 4) is 0 Å². The maximum absolute atomic E-state index is 11.6. The fourth-order valence-electron chi connectivity index (χ4n) is 3.66. The average molecular weight is 359 g/mol. The summed E-state index contributed by atoms with van der Waals surface area (Å²) in [5.74, 6) is -0.109. The number of carbonyl (C=O) groups excluding carboxylic acids is 1. The zero-order valence-corrected chi connectivity index (χ0v) is 15.3. The smallest absolute Gasteiger partial charge is 0.288 e. The summed E-state index contributed by atoms with van der Waals surface area (Å²) < 4.78 is 0. The molecule has 1 aliphatic rings. The van der Waals surface area contributed by atoms with E-state index in [0.29, 0.717) is 0 Å². The molecule has 5 nitrogen and oxygen atoms in total. The van der Waals surface area contributed by atoms with Gasteiger partial charge in [0, 0.05) is 23.5 Å². The van der Waals surface area contributed by atoms with Crippen molar-refractivity contribution in [3.05, 3.63) is 53.1 Å². The van der Waals surface area contributed by atoms with Crippen LogP contribution in [0.2, 0.25) is 5.02 Å². The Kier molecular flexibility index (Phi) is 5.23. The van der Waals surface area contributed by atoms with Gasteiger partial charge in [-0.3, -0.25) is 4.79 Å². The maximum atomic E-state index is 11.6. The topological polar surface area (TPSA) is 66.9 Å². The van der Waals surface area contributed by atoms with Gasteiger partial charge in [-0.1, -0.05) is 37.1 Å². The van der Waals surface area contributed by atoms with Crippen molar-refractivity contribution in [2.24, 2.45) is 0 Å². The Hall–Kier alpha value is -2.14. The second-order valence-electron chi connectivity index (χ2n) is 6.50. The van der Waals surface area contributed by atoms with Gasteiger partial charge in [0.2, 0.25) is 5.82 Å². The Balaban J connectivity index is 1.82. The normalized spacial score (nSPS) is 16.6. The number of halogens is 1. The Morgan fingerprint density at radius 2 is 2.04 bits per heavy atom. The van der Waals surface area contributed by atoms with Gasteiger partial charge in [-0.2, -0.15) is 0 Å². The highest BCUT2D eigenvalue weighted by molar-refractivity contribution is 6.30. The molecule has 0 bridgehead atoms. The van der Waals surface area contributed by atoms with E-state index in [0.717, 1.165) is 30.0 Å². The van der Waals surface area contributed by atoms with E-state index >= 15 is 0 Å². The summed E-state index contributed by atoms with van der Waals surface area (Å²) in [7, 11) is 1.57. The highest BCUT2D eigenvalue weighted by Gasteiger charge is 2.44. The number of hydrogen-bond donors (Lipinski definition) is 2. The molecule has 132 valence electrons. The van der Waals surface area contributed by atoms with Crippen LogP contribution in [0.5, 0.6) is 0 Å². The van der Waals surface area contributed by atoms with E-state index in [-0.39, 0.29) is 23.2 Å². The first-order chi connectivity index (χ1) is 12.1. The van der Waals surface area contributed by atoms with Crippen LogP contribution in [0.25, 0.3) is 0 Å².